The molecule has 1 N–H and O–H groups in total. The number of ether oxygens (including phenoxy) is 1. The molecule has 0 spiro atoms. The number of amides is 1. The minimum atomic E-state index is -0.151. The molecule has 29 heavy (non-hydrogen) atoms. The number of nitrogens with zero attached hydrogens (tertiary/aromatic N) is 1. The first-order chi connectivity index (χ1) is 14.3. The fourth-order valence-corrected chi connectivity index (χ4v) is 3.67. The third-order valence-electron chi connectivity index (χ3n) is 4.40. The molecule has 5 heteroatoms. The summed E-state index contributed by atoms with van der Waals surface area (Å²) < 4.78 is 5.71. The van der Waals surface area contributed by atoms with Gasteiger partial charge in [-0.1, -0.05) is 66.7 Å². The Bertz CT molecular complexity index is 1080. The molecule has 0 radical (unpaired) electrons. The van der Waals surface area contributed by atoms with Gasteiger partial charge in [-0.15, -0.1) is 11.3 Å². The smallest absolute Gasteiger partial charge is 0.257 e. The van der Waals surface area contributed by atoms with Gasteiger partial charge in [-0.25, -0.2) is 4.98 Å². The van der Waals surface area contributed by atoms with E-state index in [2.05, 4.69) is 22.4 Å². The highest BCUT2D eigenvalue weighted by Crippen LogP contribution is 2.20. The Labute approximate surface area is 173 Å². The summed E-state index contributed by atoms with van der Waals surface area (Å²) in [5, 5.41) is 5.38. The second-order valence-electron chi connectivity index (χ2n) is 6.52. The van der Waals surface area contributed by atoms with Crippen LogP contribution in [-0.2, 0) is 13.0 Å². The highest BCUT2D eigenvalue weighted by Gasteiger charge is 2.13. The lowest BCUT2D eigenvalue weighted by atomic mass is 9.99. The van der Waals surface area contributed by atoms with Crippen LogP contribution < -0.4 is 10.1 Å². The topological polar surface area (TPSA) is 51.2 Å². The van der Waals surface area contributed by atoms with E-state index in [1.807, 2.05) is 78.2 Å². The molecule has 0 aliphatic rings. The van der Waals surface area contributed by atoms with Gasteiger partial charge in [-0.2, -0.15) is 0 Å². The molecule has 0 aliphatic heterocycles. The van der Waals surface area contributed by atoms with Crippen molar-refractivity contribution < 1.29 is 9.53 Å². The van der Waals surface area contributed by atoms with Gasteiger partial charge >= 0.3 is 0 Å². The van der Waals surface area contributed by atoms with Gasteiger partial charge in [-0.05, 0) is 35.7 Å². The minimum Gasteiger partial charge on any atom is -0.487 e. The van der Waals surface area contributed by atoms with Crippen molar-refractivity contribution in [2.45, 2.75) is 13.0 Å². The third kappa shape index (κ3) is 5.09. The lowest BCUT2D eigenvalue weighted by Gasteiger charge is -2.09. The van der Waals surface area contributed by atoms with Crippen LogP contribution in [0.3, 0.4) is 0 Å². The molecule has 4 nitrogen and oxygen atoms in total. The summed E-state index contributed by atoms with van der Waals surface area (Å²) in [4.78, 5) is 17.3. The molecule has 0 aliphatic carbocycles. The zero-order chi connectivity index (χ0) is 19.9. The van der Waals surface area contributed by atoms with E-state index in [1.165, 1.54) is 16.9 Å². The monoisotopic (exact) mass is 400 g/mol. The van der Waals surface area contributed by atoms with E-state index in [0.717, 1.165) is 17.0 Å². The number of carbonyl (C=O) groups excluding carboxylic acids is 1. The summed E-state index contributed by atoms with van der Waals surface area (Å²) >= 11 is 1.39. The van der Waals surface area contributed by atoms with Crippen LogP contribution in [0.25, 0.3) is 0 Å². The van der Waals surface area contributed by atoms with Crippen LogP contribution in [0.5, 0.6) is 5.75 Å². The average Bonchev–Trinajstić information content (AvgIpc) is 3.21. The van der Waals surface area contributed by atoms with Crippen molar-refractivity contribution in [2.75, 3.05) is 5.32 Å². The van der Waals surface area contributed by atoms with E-state index in [4.69, 9.17) is 4.74 Å². The molecule has 0 fully saturated rings. The first-order valence-electron chi connectivity index (χ1n) is 9.33. The van der Waals surface area contributed by atoms with Crippen LogP contribution in [-0.4, -0.2) is 10.9 Å². The number of rotatable bonds is 7. The highest BCUT2D eigenvalue weighted by molar-refractivity contribution is 7.13. The number of para-hydroxylation sites is 1. The molecule has 0 saturated carbocycles. The number of thiazole rings is 1. The second-order valence-corrected chi connectivity index (χ2v) is 7.38. The number of carbonyl (C=O) groups is 1. The standard InChI is InChI=1S/C24H20N2O2S/c27-23(22-14-8-7-11-19(22)15-18-9-3-1-4-10-18)26-24-25-20(17-29-24)16-28-21-12-5-2-6-13-21/h1-14,17H,15-16H2,(H,25,26,27). The summed E-state index contributed by atoms with van der Waals surface area (Å²) in [5.41, 5.74) is 3.60. The van der Waals surface area contributed by atoms with Gasteiger partial charge in [-0.3, -0.25) is 10.1 Å². The van der Waals surface area contributed by atoms with E-state index in [1.54, 1.807) is 0 Å². The minimum absolute atomic E-state index is 0.151. The number of anilines is 1. The maximum absolute atomic E-state index is 12.8. The Balaban J connectivity index is 1.42. The van der Waals surface area contributed by atoms with Crippen LogP contribution >= 0.6 is 11.3 Å². The summed E-state index contributed by atoms with van der Waals surface area (Å²) in [7, 11) is 0. The zero-order valence-electron chi connectivity index (χ0n) is 15.7. The number of nitrogens with one attached hydrogen (secondary N) is 1. The van der Waals surface area contributed by atoms with E-state index < -0.39 is 0 Å². The van der Waals surface area contributed by atoms with Gasteiger partial charge in [0.25, 0.3) is 5.91 Å². The summed E-state index contributed by atoms with van der Waals surface area (Å²) in [6.45, 7) is 0.362. The highest BCUT2D eigenvalue weighted by atomic mass is 32.1. The van der Waals surface area contributed by atoms with E-state index in [-0.39, 0.29) is 5.91 Å². The molecule has 1 heterocycles. The second kappa shape index (κ2) is 9.17. The Morgan fingerprint density at radius 3 is 2.38 bits per heavy atom. The zero-order valence-corrected chi connectivity index (χ0v) is 16.6. The molecule has 4 rings (SSSR count). The van der Waals surface area contributed by atoms with Crippen LogP contribution in [0.15, 0.2) is 90.3 Å². The lowest BCUT2D eigenvalue weighted by Crippen LogP contribution is -2.14. The number of hydrogen-bond acceptors (Lipinski definition) is 4. The molecule has 0 atom stereocenters. The van der Waals surface area contributed by atoms with E-state index >= 15 is 0 Å². The van der Waals surface area contributed by atoms with Crippen molar-refractivity contribution in [3.63, 3.8) is 0 Å². The van der Waals surface area contributed by atoms with Crippen molar-refractivity contribution in [3.8, 4) is 5.75 Å². The van der Waals surface area contributed by atoms with Crippen molar-refractivity contribution in [1.29, 1.82) is 0 Å². The largest absolute Gasteiger partial charge is 0.487 e. The van der Waals surface area contributed by atoms with Crippen molar-refractivity contribution >= 4 is 22.4 Å². The normalized spacial score (nSPS) is 10.5. The fraction of sp³-hybridized carbons (Fsp3) is 0.0833. The fourth-order valence-electron chi connectivity index (χ4n) is 2.98. The molecule has 3 aromatic carbocycles. The first kappa shape index (κ1) is 18.9. The molecule has 1 amide bonds. The third-order valence-corrected chi connectivity index (χ3v) is 5.21. The number of aromatic nitrogens is 1. The average molecular weight is 401 g/mol. The van der Waals surface area contributed by atoms with Crippen molar-refractivity contribution in [1.82, 2.24) is 4.98 Å². The van der Waals surface area contributed by atoms with E-state index in [9.17, 15) is 4.79 Å². The summed E-state index contributed by atoms with van der Waals surface area (Å²) in [6, 6.07) is 27.4. The Hall–Kier alpha value is -3.44. The van der Waals surface area contributed by atoms with Gasteiger partial charge in [0, 0.05) is 10.9 Å². The predicted molar refractivity (Wildman–Crippen MR) is 117 cm³/mol. The van der Waals surface area contributed by atoms with Gasteiger partial charge in [0.15, 0.2) is 5.13 Å². The van der Waals surface area contributed by atoms with Crippen molar-refractivity contribution in [3.05, 3.63) is 113 Å². The molecule has 0 bridgehead atoms. The van der Waals surface area contributed by atoms with Crippen LogP contribution in [0, 0.1) is 0 Å². The SMILES string of the molecule is O=C(Nc1nc(COc2ccccc2)cs1)c1ccccc1Cc1ccccc1. The van der Waals surface area contributed by atoms with Gasteiger partial charge in [0.1, 0.15) is 12.4 Å². The summed E-state index contributed by atoms with van der Waals surface area (Å²) in [5.74, 6) is 0.641. The van der Waals surface area contributed by atoms with Crippen molar-refractivity contribution in [2.24, 2.45) is 0 Å². The van der Waals surface area contributed by atoms with Gasteiger partial charge in [0.05, 0.1) is 5.69 Å². The summed E-state index contributed by atoms with van der Waals surface area (Å²) in [6.07, 6.45) is 0.707. The van der Waals surface area contributed by atoms with Crippen LogP contribution in [0.4, 0.5) is 5.13 Å². The number of benzene rings is 3. The molecule has 1 aromatic heterocycles. The Morgan fingerprint density at radius 1 is 0.897 bits per heavy atom. The predicted octanol–water partition coefficient (Wildman–Crippen LogP) is 5.57. The van der Waals surface area contributed by atoms with Crippen LogP contribution in [0.2, 0.25) is 0 Å². The molecule has 0 unspecified atom stereocenters. The molecule has 4 aromatic rings. The molecule has 144 valence electrons. The van der Waals surface area contributed by atoms with Gasteiger partial charge in [0.2, 0.25) is 0 Å². The van der Waals surface area contributed by atoms with Gasteiger partial charge < -0.3 is 4.74 Å². The quantitative estimate of drug-likeness (QED) is 0.441. The molecular formula is C24H20N2O2S. The lowest BCUT2D eigenvalue weighted by molar-refractivity contribution is 0.102. The first-order valence-corrected chi connectivity index (χ1v) is 10.2. The number of hydrogen-bond donors (Lipinski definition) is 1. The van der Waals surface area contributed by atoms with Crippen LogP contribution in [0.1, 0.15) is 27.2 Å². The maximum Gasteiger partial charge on any atom is 0.257 e. The Morgan fingerprint density at radius 2 is 1.59 bits per heavy atom. The van der Waals surface area contributed by atoms with E-state index in [0.29, 0.717) is 23.7 Å². The Kier molecular flexibility index (Phi) is 5.98. The molecular weight excluding hydrogens is 380 g/mol. The molecule has 0 saturated heterocycles. The maximum atomic E-state index is 12.8.